The molecule has 3 aromatic carbocycles. The molecule has 0 spiro atoms. The number of carboxylic acid groups (broad SMARTS) is 1. The first-order valence-electron chi connectivity index (χ1n) is 9.27. The molecule has 1 aliphatic carbocycles. The zero-order valence-electron chi connectivity index (χ0n) is 15.7. The molecule has 0 aliphatic heterocycles. The highest BCUT2D eigenvalue weighted by Gasteiger charge is 2.25. The van der Waals surface area contributed by atoms with Crippen LogP contribution in [0.4, 0.5) is 11.4 Å². The van der Waals surface area contributed by atoms with Gasteiger partial charge in [0, 0.05) is 5.39 Å². The van der Waals surface area contributed by atoms with E-state index in [0.717, 1.165) is 18.4 Å². The Bertz CT molecular complexity index is 1310. The van der Waals surface area contributed by atoms with Crippen LogP contribution in [0.15, 0.2) is 57.6 Å². The van der Waals surface area contributed by atoms with Gasteiger partial charge in [-0.15, -0.1) is 5.11 Å². The Morgan fingerprint density at radius 1 is 1.03 bits per heavy atom. The van der Waals surface area contributed by atoms with Crippen molar-refractivity contribution in [1.82, 2.24) is 0 Å². The second-order valence-corrected chi connectivity index (χ2v) is 8.42. The van der Waals surface area contributed by atoms with Crippen LogP contribution < -0.4 is 5.11 Å². The van der Waals surface area contributed by atoms with Gasteiger partial charge in [0.05, 0.1) is 11.3 Å². The lowest BCUT2D eigenvalue weighted by atomic mass is 9.91. The van der Waals surface area contributed by atoms with Crippen molar-refractivity contribution in [3.8, 4) is 5.75 Å². The van der Waals surface area contributed by atoms with Crippen molar-refractivity contribution in [2.24, 2.45) is 10.2 Å². The van der Waals surface area contributed by atoms with Gasteiger partial charge in [-0.25, -0.2) is 4.79 Å². The number of carboxylic acids is 1. The highest BCUT2D eigenvalue weighted by atomic mass is 32.2. The predicted octanol–water partition coefficient (Wildman–Crippen LogP) is 4.15. The Balaban J connectivity index is 1.93. The topological polar surface area (TPSA) is 139 Å². The monoisotopic (exact) mass is 425 g/mol. The van der Waals surface area contributed by atoms with Crippen LogP contribution in [0, 0.1) is 0 Å². The molecule has 0 amide bonds. The Hall–Kier alpha value is -3.30. The van der Waals surface area contributed by atoms with Gasteiger partial charge in [-0.3, -0.25) is 4.55 Å². The van der Waals surface area contributed by atoms with Crippen molar-refractivity contribution >= 4 is 38.2 Å². The molecule has 3 aromatic rings. The Labute approximate surface area is 172 Å². The van der Waals surface area contributed by atoms with E-state index >= 15 is 0 Å². The van der Waals surface area contributed by atoms with Crippen LogP contribution in [0.5, 0.6) is 5.75 Å². The number of hydrogen-bond donors (Lipinski definition) is 2. The predicted molar refractivity (Wildman–Crippen MR) is 107 cm³/mol. The Morgan fingerprint density at radius 3 is 2.50 bits per heavy atom. The van der Waals surface area contributed by atoms with Crippen molar-refractivity contribution < 1.29 is 28.0 Å². The third-order valence-corrected chi connectivity index (χ3v) is 6.15. The van der Waals surface area contributed by atoms with Crippen molar-refractivity contribution in [3.05, 3.63) is 59.2 Å². The van der Waals surface area contributed by atoms with Crippen LogP contribution in [0.2, 0.25) is 0 Å². The number of aromatic carboxylic acids is 1. The Kier molecular flexibility index (Phi) is 5.00. The zero-order valence-corrected chi connectivity index (χ0v) is 16.5. The van der Waals surface area contributed by atoms with E-state index in [1.807, 2.05) is 0 Å². The maximum absolute atomic E-state index is 12.7. The molecule has 0 aromatic heterocycles. The van der Waals surface area contributed by atoms with Gasteiger partial charge >= 0.3 is 5.97 Å². The van der Waals surface area contributed by atoms with Gasteiger partial charge < -0.3 is 10.2 Å². The minimum atomic E-state index is -4.58. The SMILES string of the molecule is O=C(O)c1cc2ccccc2c(N=Nc2ccc3c(c2S(=O)(=O)O)CCCC3)c1[O-]. The van der Waals surface area contributed by atoms with Crippen molar-refractivity contribution in [1.29, 1.82) is 0 Å². The number of benzene rings is 3. The molecule has 1 aliphatic rings. The average Bonchev–Trinajstić information content (AvgIpc) is 2.71. The van der Waals surface area contributed by atoms with Gasteiger partial charge in [-0.1, -0.05) is 36.1 Å². The molecule has 30 heavy (non-hydrogen) atoms. The van der Waals surface area contributed by atoms with Gasteiger partial charge in [0.25, 0.3) is 10.1 Å². The van der Waals surface area contributed by atoms with E-state index in [4.69, 9.17) is 0 Å². The smallest absolute Gasteiger partial charge is 0.335 e. The van der Waals surface area contributed by atoms with E-state index < -0.39 is 27.4 Å². The molecule has 154 valence electrons. The fourth-order valence-corrected chi connectivity index (χ4v) is 4.74. The molecule has 2 N–H and O–H groups in total. The molecule has 0 saturated carbocycles. The molecule has 9 heteroatoms. The Morgan fingerprint density at radius 2 is 1.77 bits per heavy atom. The van der Waals surface area contributed by atoms with Crippen molar-refractivity contribution in [3.63, 3.8) is 0 Å². The van der Waals surface area contributed by atoms with Crippen molar-refractivity contribution in [2.75, 3.05) is 0 Å². The number of hydrogen-bond acceptors (Lipinski definition) is 6. The van der Waals surface area contributed by atoms with Crippen LogP contribution in [-0.4, -0.2) is 24.0 Å². The van der Waals surface area contributed by atoms with Gasteiger partial charge in [0.2, 0.25) is 0 Å². The fraction of sp³-hybridized carbons (Fsp3) is 0.190. The number of nitrogens with zero attached hydrogens (tertiary/aromatic N) is 2. The van der Waals surface area contributed by atoms with Crippen LogP contribution in [-0.2, 0) is 23.0 Å². The molecule has 0 heterocycles. The summed E-state index contributed by atoms with van der Waals surface area (Å²) in [5.74, 6) is -2.22. The lowest BCUT2D eigenvalue weighted by Gasteiger charge is -2.19. The van der Waals surface area contributed by atoms with E-state index in [1.165, 1.54) is 12.1 Å². The minimum Gasteiger partial charge on any atom is -0.870 e. The van der Waals surface area contributed by atoms with Gasteiger partial charge in [-0.2, -0.15) is 13.5 Å². The number of aryl methyl sites for hydroxylation is 1. The van der Waals surface area contributed by atoms with Crippen LogP contribution >= 0.6 is 0 Å². The van der Waals surface area contributed by atoms with Crippen LogP contribution in [0.25, 0.3) is 10.8 Å². The molecule has 0 saturated heterocycles. The molecule has 4 rings (SSSR count). The van der Waals surface area contributed by atoms with E-state index in [2.05, 4.69) is 10.2 Å². The summed E-state index contributed by atoms with van der Waals surface area (Å²) in [7, 11) is -4.58. The molecule has 8 nitrogen and oxygen atoms in total. The van der Waals surface area contributed by atoms with Crippen molar-refractivity contribution in [2.45, 2.75) is 30.6 Å². The second kappa shape index (κ2) is 7.51. The average molecular weight is 425 g/mol. The number of carbonyl (C=O) groups is 1. The molecule has 0 atom stereocenters. The largest absolute Gasteiger partial charge is 0.870 e. The first kappa shape index (κ1) is 20.0. The highest BCUT2D eigenvalue weighted by molar-refractivity contribution is 7.86. The summed E-state index contributed by atoms with van der Waals surface area (Å²) < 4.78 is 33.9. The molecule has 0 bridgehead atoms. The maximum Gasteiger partial charge on any atom is 0.335 e. The molecule has 0 radical (unpaired) electrons. The van der Waals surface area contributed by atoms with E-state index in [1.54, 1.807) is 30.3 Å². The fourth-order valence-electron chi connectivity index (χ4n) is 3.82. The lowest BCUT2D eigenvalue weighted by Crippen LogP contribution is -2.10. The molecule has 0 fully saturated rings. The summed E-state index contributed by atoms with van der Waals surface area (Å²) in [6.45, 7) is 0. The normalized spacial score (nSPS) is 14.2. The summed E-state index contributed by atoms with van der Waals surface area (Å²) in [5.41, 5.74) is 0.581. The second-order valence-electron chi connectivity index (χ2n) is 7.06. The summed E-state index contributed by atoms with van der Waals surface area (Å²) >= 11 is 0. The van der Waals surface area contributed by atoms with Gasteiger partial charge in [-0.05, 0) is 54.3 Å². The van der Waals surface area contributed by atoms with Crippen LogP contribution in [0.1, 0.15) is 34.3 Å². The standard InChI is InChI=1S/C21H18N2O6S/c24-19-16(21(25)26)11-13-6-2-3-7-14(13)18(19)23-22-17-10-9-12-5-1-4-8-15(12)20(17)30(27,28)29/h2-3,6-7,9-11,24H,1,4-5,8H2,(H,25,26)(H,27,28,29)/p-1. The van der Waals surface area contributed by atoms with Gasteiger partial charge in [0.1, 0.15) is 10.6 Å². The van der Waals surface area contributed by atoms with E-state index in [0.29, 0.717) is 29.2 Å². The number of azo groups is 1. The van der Waals surface area contributed by atoms with Crippen LogP contribution in [0.3, 0.4) is 0 Å². The summed E-state index contributed by atoms with van der Waals surface area (Å²) in [4.78, 5) is 11.1. The van der Waals surface area contributed by atoms with Gasteiger partial charge in [0.15, 0.2) is 0 Å². The number of fused-ring (bicyclic) bond motifs is 2. The summed E-state index contributed by atoms with van der Waals surface area (Å²) in [6.07, 6.45) is 2.89. The minimum absolute atomic E-state index is 0.0950. The first-order valence-corrected chi connectivity index (χ1v) is 10.7. The molecule has 0 unspecified atom stereocenters. The summed E-state index contributed by atoms with van der Waals surface area (Å²) in [5, 5.41) is 30.8. The third-order valence-electron chi connectivity index (χ3n) is 5.18. The summed E-state index contributed by atoms with van der Waals surface area (Å²) in [6, 6.07) is 11.0. The molecular formula is C21H17N2O6S-. The maximum atomic E-state index is 12.7. The molecular weight excluding hydrogens is 408 g/mol. The first-order chi connectivity index (χ1) is 14.3. The lowest BCUT2D eigenvalue weighted by molar-refractivity contribution is -0.267. The van der Waals surface area contributed by atoms with E-state index in [-0.39, 0.29) is 16.3 Å². The zero-order chi connectivity index (χ0) is 21.5. The number of rotatable bonds is 4. The quantitative estimate of drug-likeness (QED) is 0.475. The van der Waals surface area contributed by atoms with E-state index in [9.17, 15) is 28.0 Å². The highest BCUT2D eigenvalue weighted by Crippen LogP contribution is 2.39. The third kappa shape index (κ3) is 3.53.